The molecular weight excluding hydrogens is 98.1 g/mol. The van der Waals surface area contributed by atoms with Crippen LogP contribution in [0.3, 0.4) is 0 Å². The van der Waals surface area contributed by atoms with E-state index in [0.29, 0.717) is 0 Å². The molecule has 1 atom stereocenters. The average molecular weight is 110 g/mol. The number of hydrogen-bond acceptors (Lipinski definition) is 1. The highest BCUT2D eigenvalue weighted by atomic mass is 14.9. The standard InChI is InChI=1S/C7H12N/c1-2-7-3-5-8-6-4-7/h2,5,7-8H,1,3-4,6H2. The fourth-order valence-corrected chi connectivity index (χ4v) is 0.937. The van der Waals surface area contributed by atoms with Gasteiger partial charge in [-0.15, -0.1) is 6.58 Å². The number of allylic oxidation sites excluding steroid dienone is 1. The summed E-state index contributed by atoms with van der Waals surface area (Å²) >= 11 is 0. The topological polar surface area (TPSA) is 12.0 Å². The average Bonchev–Trinajstić information content (AvgIpc) is 1.90. The fraction of sp³-hybridized carbons (Fsp3) is 0.571. The van der Waals surface area contributed by atoms with Gasteiger partial charge in [0, 0.05) is 6.54 Å². The molecule has 0 aromatic carbocycles. The van der Waals surface area contributed by atoms with Gasteiger partial charge in [0.1, 0.15) is 0 Å². The molecule has 0 saturated carbocycles. The lowest BCUT2D eigenvalue weighted by Crippen LogP contribution is -2.22. The second-order valence-corrected chi connectivity index (χ2v) is 2.18. The summed E-state index contributed by atoms with van der Waals surface area (Å²) in [7, 11) is 0. The highest BCUT2D eigenvalue weighted by Gasteiger charge is 2.07. The Morgan fingerprint density at radius 1 is 1.75 bits per heavy atom. The van der Waals surface area contributed by atoms with E-state index in [4.69, 9.17) is 0 Å². The largest absolute Gasteiger partial charge is 0.312 e. The molecule has 8 heavy (non-hydrogen) atoms. The van der Waals surface area contributed by atoms with Gasteiger partial charge in [0.2, 0.25) is 0 Å². The van der Waals surface area contributed by atoms with Crippen molar-refractivity contribution in [2.24, 2.45) is 5.92 Å². The van der Waals surface area contributed by atoms with Crippen molar-refractivity contribution in [3.05, 3.63) is 19.2 Å². The van der Waals surface area contributed by atoms with Crippen molar-refractivity contribution >= 4 is 0 Å². The lowest BCUT2D eigenvalue weighted by Gasteiger charge is -2.17. The molecule has 1 heteroatoms. The molecule has 1 heterocycles. The van der Waals surface area contributed by atoms with E-state index in [2.05, 4.69) is 18.4 Å². The van der Waals surface area contributed by atoms with Gasteiger partial charge in [-0.3, -0.25) is 0 Å². The maximum Gasteiger partial charge on any atom is 0.0227 e. The van der Waals surface area contributed by atoms with Crippen LogP contribution in [0, 0.1) is 12.5 Å². The van der Waals surface area contributed by atoms with Crippen LogP contribution in [-0.2, 0) is 0 Å². The fourth-order valence-electron chi connectivity index (χ4n) is 0.937. The molecular formula is C7H12N. The number of piperidine rings is 1. The van der Waals surface area contributed by atoms with Crippen molar-refractivity contribution in [3.63, 3.8) is 0 Å². The number of hydrogen-bond donors (Lipinski definition) is 1. The Balaban J connectivity index is 2.22. The van der Waals surface area contributed by atoms with E-state index in [1.54, 1.807) is 0 Å². The van der Waals surface area contributed by atoms with Crippen LogP contribution in [0.5, 0.6) is 0 Å². The zero-order valence-corrected chi connectivity index (χ0v) is 5.06. The zero-order valence-electron chi connectivity index (χ0n) is 5.06. The second-order valence-electron chi connectivity index (χ2n) is 2.18. The molecule has 1 N–H and O–H groups in total. The molecule has 0 amide bonds. The van der Waals surface area contributed by atoms with Crippen LogP contribution >= 0.6 is 0 Å². The first-order valence-corrected chi connectivity index (χ1v) is 3.11. The van der Waals surface area contributed by atoms with E-state index in [9.17, 15) is 0 Å². The van der Waals surface area contributed by atoms with E-state index >= 15 is 0 Å². The third kappa shape index (κ3) is 1.34. The van der Waals surface area contributed by atoms with Gasteiger partial charge in [0.15, 0.2) is 0 Å². The molecule has 1 fully saturated rings. The molecule has 45 valence electrons. The highest BCUT2D eigenvalue weighted by Crippen LogP contribution is 2.13. The van der Waals surface area contributed by atoms with Crippen molar-refractivity contribution in [3.8, 4) is 0 Å². The Kier molecular flexibility index (Phi) is 2.10. The van der Waals surface area contributed by atoms with Crippen molar-refractivity contribution in [2.45, 2.75) is 12.8 Å². The highest BCUT2D eigenvalue weighted by molar-refractivity contribution is 4.86. The van der Waals surface area contributed by atoms with E-state index in [1.807, 2.05) is 6.08 Å². The minimum atomic E-state index is 0.733. The Labute approximate surface area is 50.8 Å². The molecule has 1 nitrogen and oxygen atoms in total. The molecule has 0 aromatic rings. The van der Waals surface area contributed by atoms with E-state index in [0.717, 1.165) is 18.9 Å². The quantitative estimate of drug-likeness (QED) is 0.502. The van der Waals surface area contributed by atoms with E-state index in [-0.39, 0.29) is 0 Å². The summed E-state index contributed by atoms with van der Waals surface area (Å²) in [6.45, 7) is 6.98. The summed E-state index contributed by atoms with van der Waals surface area (Å²) in [4.78, 5) is 0. The molecule has 0 spiro atoms. The minimum Gasteiger partial charge on any atom is -0.312 e. The first-order chi connectivity index (χ1) is 3.93. The van der Waals surface area contributed by atoms with Crippen LogP contribution in [0.1, 0.15) is 12.8 Å². The SMILES string of the molecule is C=CC1C[CH]NCC1. The van der Waals surface area contributed by atoms with Gasteiger partial charge in [0.25, 0.3) is 0 Å². The Morgan fingerprint density at radius 3 is 3.00 bits per heavy atom. The first-order valence-electron chi connectivity index (χ1n) is 3.11. The van der Waals surface area contributed by atoms with Gasteiger partial charge in [-0.25, -0.2) is 0 Å². The molecule has 1 aliphatic heterocycles. The van der Waals surface area contributed by atoms with E-state index in [1.165, 1.54) is 6.42 Å². The van der Waals surface area contributed by atoms with Crippen LogP contribution in [0.4, 0.5) is 0 Å². The molecule has 1 radical (unpaired) electrons. The predicted molar refractivity (Wildman–Crippen MR) is 35.2 cm³/mol. The monoisotopic (exact) mass is 110 g/mol. The summed E-state index contributed by atoms with van der Waals surface area (Å²) in [6.07, 6.45) is 4.45. The Morgan fingerprint density at radius 2 is 2.62 bits per heavy atom. The molecule has 1 rings (SSSR count). The Hall–Kier alpha value is -0.300. The van der Waals surface area contributed by atoms with Gasteiger partial charge in [-0.05, 0) is 25.3 Å². The van der Waals surface area contributed by atoms with Crippen LogP contribution in [-0.4, -0.2) is 6.54 Å². The lowest BCUT2D eigenvalue weighted by molar-refractivity contribution is 0.485. The number of nitrogens with one attached hydrogen (secondary N) is 1. The van der Waals surface area contributed by atoms with Crippen LogP contribution in [0.15, 0.2) is 12.7 Å². The molecule has 1 saturated heterocycles. The summed E-state index contributed by atoms with van der Waals surface area (Å²) in [5.41, 5.74) is 0. The molecule has 1 unspecified atom stereocenters. The molecule has 0 aromatic heterocycles. The van der Waals surface area contributed by atoms with Crippen molar-refractivity contribution in [1.29, 1.82) is 0 Å². The summed E-state index contributed by atoms with van der Waals surface area (Å²) < 4.78 is 0. The molecule has 0 aliphatic carbocycles. The molecule has 0 bridgehead atoms. The zero-order chi connectivity index (χ0) is 5.82. The van der Waals surface area contributed by atoms with Gasteiger partial charge in [-0.1, -0.05) is 6.08 Å². The maximum absolute atomic E-state index is 3.74. The van der Waals surface area contributed by atoms with Gasteiger partial charge in [-0.2, -0.15) is 0 Å². The van der Waals surface area contributed by atoms with Crippen LogP contribution in [0.25, 0.3) is 0 Å². The summed E-state index contributed by atoms with van der Waals surface area (Å²) in [5.74, 6) is 0.733. The Bertz CT molecular complexity index is 72.5. The smallest absolute Gasteiger partial charge is 0.0227 e. The lowest BCUT2D eigenvalue weighted by atomic mass is 9.99. The van der Waals surface area contributed by atoms with Crippen molar-refractivity contribution in [1.82, 2.24) is 5.32 Å². The minimum absolute atomic E-state index is 0.733. The molecule has 1 aliphatic rings. The number of rotatable bonds is 1. The normalized spacial score (nSPS) is 23.0. The van der Waals surface area contributed by atoms with Crippen molar-refractivity contribution < 1.29 is 0 Å². The van der Waals surface area contributed by atoms with Crippen LogP contribution in [0.2, 0.25) is 0 Å². The van der Waals surface area contributed by atoms with Gasteiger partial charge in [0.05, 0.1) is 0 Å². The predicted octanol–water partition coefficient (Wildman–Crippen LogP) is 1.33. The van der Waals surface area contributed by atoms with Crippen molar-refractivity contribution in [2.75, 3.05) is 6.54 Å². The third-order valence-corrected chi connectivity index (χ3v) is 1.56. The third-order valence-electron chi connectivity index (χ3n) is 1.56. The van der Waals surface area contributed by atoms with Gasteiger partial charge >= 0.3 is 0 Å². The van der Waals surface area contributed by atoms with Crippen LogP contribution < -0.4 is 5.32 Å². The summed E-state index contributed by atoms with van der Waals surface area (Å²) in [6, 6.07) is 0. The first kappa shape index (κ1) is 5.83. The summed E-state index contributed by atoms with van der Waals surface area (Å²) in [5, 5.41) is 3.18. The van der Waals surface area contributed by atoms with Gasteiger partial charge < -0.3 is 5.32 Å². The van der Waals surface area contributed by atoms with E-state index < -0.39 is 0 Å². The maximum atomic E-state index is 3.74. The second kappa shape index (κ2) is 2.88.